The van der Waals surface area contributed by atoms with Gasteiger partial charge in [-0.2, -0.15) is 8.78 Å². The fourth-order valence-electron chi connectivity index (χ4n) is 1.95. The van der Waals surface area contributed by atoms with E-state index in [0.717, 1.165) is 0 Å². The molecule has 0 unspecified atom stereocenters. The second-order valence-electron chi connectivity index (χ2n) is 4.97. The summed E-state index contributed by atoms with van der Waals surface area (Å²) in [6, 6.07) is 4.51. The Bertz CT molecular complexity index is 606. The summed E-state index contributed by atoms with van der Waals surface area (Å²) < 4.78 is 39.5. The first-order valence-corrected chi connectivity index (χ1v) is 7.82. The van der Waals surface area contributed by atoms with Crippen molar-refractivity contribution in [1.29, 1.82) is 0 Å². The summed E-state index contributed by atoms with van der Waals surface area (Å²) in [7, 11) is 4.55. The number of benzene rings is 1. The van der Waals surface area contributed by atoms with Gasteiger partial charge in [0.05, 0.1) is 20.3 Å². The Labute approximate surface area is 174 Å². The Kier molecular flexibility index (Phi) is 13.2. The van der Waals surface area contributed by atoms with Gasteiger partial charge in [0.25, 0.3) is 0 Å². The van der Waals surface area contributed by atoms with E-state index in [1.54, 1.807) is 13.2 Å². The highest BCUT2D eigenvalue weighted by atomic mass is 127. The highest BCUT2D eigenvalue weighted by molar-refractivity contribution is 14.0. The van der Waals surface area contributed by atoms with Gasteiger partial charge in [0.15, 0.2) is 5.96 Å². The van der Waals surface area contributed by atoms with Crippen LogP contribution >= 0.6 is 24.0 Å². The highest BCUT2D eigenvalue weighted by Crippen LogP contribution is 2.25. The molecule has 1 aromatic rings. The molecule has 27 heavy (non-hydrogen) atoms. The topological polar surface area (TPSA) is 93.2 Å². The molecule has 0 aliphatic rings. The van der Waals surface area contributed by atoms with Crippen molar-refractivity contribution >= 4 is 35.8 Å². The van der Waals surface area contributed by atoms with E-state index in [4.69, 9.17) is 9.47 Å². The summed E-state index contributed by atoms with van der Waals surface area (Å²) in [6.45, 7) is -1.97. The van der Waals surface area contributed by atoms with Gasteiger partial charge in [-0.15, -0.1) is 24.0 Å². The molecule has 0 atom stereocenters. The Morgan fingerprint density at radius 3 is 2.56 bits per heavy atom. The average Bonchev–Trinajstić information content (AvgIpc) is 2.62. The van der Waals surface area contributed by atoms with Crippen molar-refractivity contribution < 1.29 is 27.8 Å². The monoisotopic (exact) mass is 502 g/mol. The number of rotatable bonds is 10. The molecule has 1 rings (SSSR count). The second kappa shape index (κ2) is 14.2. The van der Waals surface area contributed by atoms with Crippen LogP contribution in [-0.2, 0) is 16.1 Å². The maximum Gasteiger partial charge on any atom is 0.387 e. The number of halogens is 3. The van der Waals surface area contributed by atoms with Gasteiger partial charge in [-0.25, -0.2) is 0 Å². The molecule has 11 heteroatoms. The van der Waals surface area contributed by atoms with E-state index in [9.17, 15) is 13.6 Å². The summed E-state index contributed by atoms with van der Waals surface area (Å²) in [6.07, 6.45) is 0. The zero-order valence-corrected chi connectivity index (χ0v) is 17.7. The standard InChI is InChI=1S/C16H24F2N4O4.HI/c1-19-16(22-10-14(23)20-6-7-24-2)21-9-11-8-12(25-3)4-5-13(11)26-15(17)18;/h4-5,8,15H,6-7,9-10H2,1-3H3,(H,20,23)(H2,19,21,22);1H. The quantitative estimate of drug-likeness (QED) is 0.194. The van der Waals surface area contributed by atoms with Crippen molar-refractivity contribution in [3.63, 3.8) is 0 Å². The molecule has 0 radical (unpaired) electrons. The number of ether oxygens (including phenoxy) is 3. The van der Waals surface area contributed by atoms with Crippen LogP contribution in [0.4, 0.5) is 8.78 Å². The number of hydrogen-bond donors (Lipinski definition) is 3. The third kappa shape index (κ3) is 10.1. The molecule has 0 aliphatic carbocycles. The minimum Gasteiger partial charge on any atom is -0.497 e. The van der Waals surface area contributed by atoms with Gasteiger partial charge < -0.3 is 30.2 Å². The van der Waals surface area contributed by atoms with Crippen LogP contribution in [-0.4, -0.2) is 59.4 Å². The number of carbonyl (C=O) groups excluding carboxylic acids is 1. The SMILES string of the molecule is CN=C(NCC(=O)NCCOC)NCc1cc(OC)ccc1OC(F)F.I. The van der Waals surface area contributed by atoms with Gasteiger partial charge >= 0.3 is 6.61 Å². The molecule has 0 bridgehead atoms. The summed E-state index contributed by atoms with van der Waals surface area (Å²) in [5.74, 6) is 0.635. The molecule has 0 aliphatic heterocycles. The molecule has 0 saturated carbocycles. The predicted molar refractivity (Wildman–Crippen MR) is 108 cm³/mol. The maximum absolute atomic E-state index is 12.5. The number of amides is 1. The fourth-order valence-corrected chi connectivity index (χ4v) is 1.95. The number of carbonyl (C=O) groups is 1. The smallest absolute Gasteiger partial charge is 0.387 e. The highest BCUT2D eigenvalue weighted by Gasteiger charge is 2.12. The van der Waals surface area contributed by atoms with E-state index in [2.05, 4.69) is 25.7 Å². The molecule has 1 amide bonds. The Morgan fingerprint density at radius 1 is 1.22 bits per heavy atom. The fraction of sp³-hybridized carbons (Fsp3) is 0.500. The molecule has 0 spiro atoms. The molecule has 8 nitrogen and oxygen atoms in total. The molecule has 154 valence electrons. The van der Waals surface area contributed by atoms with E-state index in [-0.39, 0.29) is 48.7 Å². The summed E-state index contributed by atoms with van der Waals surface area (Å²) in [5.41, 5.74) is 0.456. The molecule has 3 N–H and O–H groups in total. The number of methoxy groups -OCH3 is 2. The predicted octanol–water partition coefficient (Wildman–Crippen LogP) is 1.34. The van der Waals surface area contributed by atoms with Crippen LogP contribution in [0.15, 0.2) is 23.2 Å². The normalized spacial score (nSPS) is 10.8. The third-order valence-corrected chi connectivity index (χ3v) is 3.20. The van der Waals surface area contributed by atoms with Crippen LogP contribution in [0.3, 0.4) is 0 Å². The number of hydrogen-bond acceptors (Lipinski definition) is 5. The van der Waals surface area contributed by atoms with Crippen LogP contribution in [0.2, 0.25) is 0 Å². The first-order chi connectivity index (χ1) is 12.5. The molecule has 1 aromatic carbocycles. The number of aliphatic imine (C=N–C) groups is 1. The van der Waals surface area contributed by atoms with Crippen molar-refractivity contribution in [2.75, 3.05) is 41.0 Å². The third-order valence-electron chi connectivity index (χ3n) is 3.20. The average molecular weight is 502 g/mol. The Balaban J connectivity index is 0.00000676. The first-order valence-electron chi connectivity index (χ1n) is 7.82. The minimum atomic E-state index is -2.93. The number of alkyl halides is 2. The summed E-state index contributed by atoms with van der Waals surface area (Å²) in [4.78, 5) is 15.6. The van der Waals surface area contributed by atoms with Gasteiger partial charge in [-0.05, 0) is 18.2 Å². The van der Waals surface area contributed by atoms with Crippen LogP contribution in [0.25, 0.3) is 0 Å². The van der Waals surface area contributed by atoms with E-state index in [0.29, 0.717) is 30.4 Å². The van der Waals surface area contributed by atoms with Crippen LogP contribution < -0.4 is 25.4 Å². The summed E-state index contributed by atoms with van der Waals surface area (Å²) >= 11 is 0. The van der Waals surface area contributed by atoms with Crippen LogP contribution in [0.5, 0.6) is 11.5 Å². The van der Waals surface area contributed by atoms with E-state index >= 15 is 0 Å². The largest absolute Gasteiger partial charge is 0.497 e. The Morgan fingerprint density at radius 2 is 1.96 bits per heavy atom. The minimum absolute atomic E-state index is 0. The zero-order chi connectivity index (χ0) is 19.4. The van der Waals surface area contributed by atoms with Crippen LogP contribution in [0, 0.1) is 0 Å². The number of nitrogens with one attached hydrogen (secondary N) is 3. The van der Waals surface area contributed by atoms with Gasteiger partial charge in [0.1, 0.15) is 11.5 Å². The lowest BCUT2D eigenvalue weighted by Crippen LogP contribution is -2.43. The van der Waals surface area contributed by atoms with E-state index in [1.165, 1.54) is 26.3 Å². The van der Waals surface area contributed by atoms with Crippen molar-refractivity contribution in [3.05, 3.63) is 23.8 Å². The number of nitrogens with zero attached hydrogens (tertiary/aromatic N) is 1. The summed E-state index contributed by atoms with van der Waals surface area (Å²) in [5, 5.41) is 8.40. The molecule has 0 saturated heterocycles. The number of guanidine groups is 1. The first kappa shape index (κ1) is 25.1. The lowest BCUT2D eigenvalue weighted by atomic mass is 10.2. The molecular weight excluding hydrogens is 477 g/mol. The second-order valence-corrected chi connectivity index (χ2v) is 4.97. The lowest BCUT2D eigenvalue weighted by Gasteiger charge is -2.15. The van der Waals surface area contributed by atoms with Crippen molar-refractivity contribution in [2.45, 2.75) is 13.2 Å². The van der Waals surface area contributed by atoms with Crippen molar-refractivity contribution in [1.82, 2.24) is 16.0 Å². The molecule has 0 heterocycles. The van der Waals surface area contributed by atoms with Crippen molar-refractivity contribution in [2.24, 2.45) is 4.99 Å². The van der Waals surface area contributed by atoms with Gasteiger partial charge in [0, 0.05) is 32.8 Å². The van der Waals surface area contributed by atoms with E-state index < -0.39 is 6.61 Å². The zero-order valence-electron chi connectivity index (χ0n) is 15.4. The lowest BCUT2D eigenvalue weighted by molar-refractivity contribution is -0.120. The van der Waals surface area contributed by atoms with E-state index in [1.807, 2.05) is 0 Å². The van der Waals surface area contributed by atoms with Gasteiger partial charge in [-0.3, -0.25) is 9.79 Å². The molecule has 0 aromatic heterocycles. The van der Waals surface area contributed by atoms with Gasteiger partial charge in [0.2, 0.25) is 5.91 Å². The molecular formula is C16H25F2IN4O4. The van der Waals surface area contributed by atoms with Crippen LogP contribution in [0.1, 0.15) is 5.56 Å². The van der Waals surface area contributed by atoms with Crippen molar-refractivity contribution in [3.8, 4) is 11.5 Å². The molecule has 0 fully saturated rings. The Hall–Kier alpha value is -1.89. The van der Waals surface area contributed by atoms with Gasteiger partial charge in [-0.1, -0.05) is 0 Å². The maximum atomic E-state index is 12.5.